The lowest BCUT2D eigenvalue weighted by Crippen LogP contribution is -2.49. The van der Waals surface area contributed by atoms with E-state index in [-0.39, 0.29) is 17.2 Å². The largest absolute Gasteiger partial charge is 0.448 e. The van der Waals surface area contributed by atoms with Gasteiger partial charge in [-0.3, -0.25) is 14.9 Å². The lowest BCUT2D eigenvalue weighted by atomic mass is 10.0. The molecule has 0 spiro atoms. The van der Waals surface area contributed by atoms with Gasteiger partial charge in [-0.25, -0.2) is 4.79 Å². The molecular weight excluding hydrogens is 312 g/mol. The van der Waals surface area contributed by atoms with Gasteiger partial charge in [0.25, 0.3) is 11.6 Å². The normalized spacial score (nSPS) is 12.6. The van der Waals surface area contributed by atoms with Gasteiger partial charge in [-0.05, 0) is 39.2 Å². The van der Waals surface area contributed by atoms with E-state index in [1.807, 2.05) is 20.8 Å². The van der Waals surface area contributed by atoms with E-state index in [4.69, 9.17) is 4.74 Å². The number of nitro benzene ring substituents is 1. The minimum absolute atomic E-state index is 0.128. The highest BCUT2D eigenvalue weighted by molar-refractivity contribution is 5.97. The molecule has 0 aliphatic carbocycles. The second kappa shape index (κ2) is 7.42. The molecular formula is C17H24N2O5. The molecule has 7 heteroatoms. The van der Waals surface area contributed by atoms with E-state index in [0.717, 1.165) is 0 Å². The maximum atomic E-state index is 12.5. The van der Waals surface area contributed by atoms with E-state index in [9.17, 15) is 19.7 Å². The van der Waals surface area contributed by atoms with Crippen LogP contribution in [0.5, 0.6) is 0 Å². The highest BCUT2D eigenvalue weighted by Crippen LogP contribution is 2.24. The molecule has 24 heavy (non-hydrogen) atoms. The van der Waals surface area contributed by atoms with Crippen LogP contribution in [0.1, 0.15) is 50.5 Å². The Labute approximate surface area is 141 Å². The number of esters is 1. The molecule has 0 unspecified atom stereocenters. The zero-order valence-electron chi connectivity index (χ0n) is 14.9. The van der Waals surface area contributed by atoms with Gasteiger partial charge in [0.05, 0.1) is 4.92 Å². The van der Waals surface area contributed by atoms with Crippen molar-refractivity contribution >= 4 is 17.6 Å². The topological polar surface area (TPSA) is 98.5 Å². The Balaban J connectivity index is 3.11. The molecule has 132 valence electrons. The summed E-state index contributed by atoms with van der Waals surface area (Å²) in [6, 6.07) is 4.32. The highest BCUT2D eigenvalue weighted by Gasteiger charge is 2.32. The summed E-state index contributed by atoms with van der Waals surface area (Å²) in [5, 5.41) is 13.9. The van der Waals surface area contributed by atoms with Gasteiger partial charge in [0.15, 0.2) is 6.10 Å². The maximum absolute atomic E-state index is 12.5. The van der Waals surface area contributed by atoms with Crippen LogP contribution in [0.4, 0.5) is 5.69 Å². The van der Waals surface area contributed by atoms with Gasteiger partial charge in [0.2, 0.25) is 0 Å². The van der Waals surface area contributed by atoms with Crippen LogP contribution in [0.25, 0.3) is 0 Å². The Hall–Kier alpha value is -2.44. The number of hydrogen-bond acceptors (Lipinski definition) is 5. The number of nitrogens with zero attached hydrogens (tertiary/aromatic N) is 1. The molecule has 1 rings (SSSR count). The fraction of sp³-hybridized carbons (Fsp3) is 0.529. The molecule has 1 N–H and O–H groups in total. The SMILES string of the molecule is Cc1cccc([N+](=O)[O-])c1C(=O)O[C@H](C(=O)NC(C)(C)C)C(C)C. The Morgan fingerprint density at radius 1 is 1.25 bits per heavy atom. The average molecular weight is 336 g/mol. The standard InChI is InChI=1S/C17H24N2O5/c1-10(2)14(15(20)18-17(4,5)6)24-16(21)13-11(3)8-7-9-12(13)19(22)23/h7-10,14H,1-6H3,(H,18,20)/t14-/m0/s1. The molecule has 0 heterocycles. The zero-order valence-corrected chi connectivity index (χ0v) is 14.9. The van der Waals surface area contributed by atoms with Crippen molar-refractivity contribution in [3.8, 4) is 0 Å². The third-order valence-electron chi connectivity index (χ3n) is 3.25. The summed E-state index contributed by atoms with van der Waals surface area (Å²) in [5.41, 5.74) is -0.519. The van der Waals surface area contributed by atoms with E-state index in [0.29, 0.717) is 5.56 Å². The van der Waals surface area contributed by atoms with E-state index in [1.165, 1.54) is 12.1 Å². The van der Waals surface area contributed by atoms with Crippen molar-refractivity contribution in [3.63, 3.8) is 0 Å². The van der Waals surface area contributed by atoms with Crippen molar-refractivity contribution in [1.82, 2.24) is 5.32 Å². The Bertz CT molecular complexity index is 647. The van der Waals surface area contributed by atoms with Gasteiger partial charge < -0.3 is 10.1 Å². The van der Waals surface area contributed by atoms with Gasteiger partial charge in [-0.15, -0.1) is 0 Å². The van der Waals surface area contributed by atoms with E-state index >= 15 is 0 Å². The van der Waals surface area contributed by atoms with Crippen LogP contribution >= 0.6 is 0 Å². The monoisotopic (exact) mass is 336 g/mol. The molecule has 0 bridgehead atoms. The van der Waals surface area contributed by atoms with Crippen LogP contribution in [0.3, 0.4) is 0 Å². The minimum Gasteiger partial charge on any atom is -0.448 e. The number of carbonyl (C=O) groups is 2. The molecule has 0 saturated heterocycles. The summed E-state index contributed by atoms with van der Waals surface area (Å²) in [6.45, 7) is 10.5. The van der Waals surface area contributed by atoms with Crippen molar-refractivity contribution in [2.24, 2.45) is 5.92 Å². The summed E-state index contributed by atoms with van der Waals surface area (Å²) in [6.07, 6.45) is -1.03. The van der Waals surface area contributed by atoms with Crippen LogP contribution in [0, 0.1) is 23.0 Å². The smallest absolute Gasteiger partial charge is 0.346 e. The lowest BCUT2D eigenvalue weighted by Gasteiger charge is -2.26. The first kappa shape index (κ1) is 19.6. The summed E-state index contributed by atoms with van der Waals surface area (Å²) >= 11 is 0. The third-order valence-corrected chi connectivity index (χ3v) is 3.25. The molecule has 0 aliphatic heterocycles. The van der Waals surface area contributed by atoms with E-state index in [2.05, 4.69) is 5.32 Å². The van der Waals surface area contributed by atoms with Crippen molar-refractivity contribution < 1.29 is 19.2 Å². The van der Waals surface area contributed by atoms with E-state index < -0.39 is 28.4 Å². The molecule has 0 radical (unpaired) electrons. The first-order valence-corrected chi connectivity index (χ1v) is 7.71. The number of rotatable bonds is 5. The first-order valence-electron chi connectivity index (χ1n) is 7.71. The maximum Gasteiger partial charge on any atom is 0.346 e. The summed E-state index contributed by atoms with van der Waals surface area (Å²) in [5.74, 6) is -1.58. The number of ether oxygens (including phenoxy) is 1. The summed E-state index contributed by atoms with van der Waals surface area (Å²) < 4.78 is 5.32. The minimum atomic E-state index is -1.03. The fourth-order valence-corrected chi connectivity index (χ4v) is 2.18. The van der Waals surface area contributed by atoms with Gasteiger partial charge in [-0.1, -0.05) is 26.0 Å². The van der Waals surface area contributed by atoms with E-state index in [1.54, 1.807) is 26.8 Å². The second-order valence-electron chi connectivity index (χ2n) is 7.04. The van der Waals surface area contributed by atoms with Crippen LogP contribution in [-0.2, 0) is 9.53 Å². The summed E-state index contributed by atoms with van der Waals surface area (Å²) in [4.78, 5) is 35.3. The number of aryl methyl sites for hydroxylation is 1. The molecule has 1 atom stereocenters. The Kier molecular flexibility index (Phi) is 6.06. The molecule has 0 saturated carbocycles. The van der Waals surface area contributed by atoms with Crippen LogP contribution in [0.15, 0.2) is 18.2 Å². The lowest BCUT2D eigenvalue weighted by molar-refractivity contribution is -0.385. The zero-order chi connectivity index (χ0) is 18.7. The third kappa shape index (κ3) is 5.04. The Morgan fingerprint density at radius 3 is 2.29 bits per heavy atom. The number of amides is 1. The number of hydrogen-bond donors (Lipinski definition) is 1. The molecule has 0 aromatic heterocycles. The number of nitro groups is 1. The predicted molar refractivity (Wildman–Crippen MR) is 89.8 cm³/mol. The van der Waals surface area contributed by atoms with Crippen molar-refractivity contribution in [2.75, 3.05) is 0 Å². The number of carbonyl (C=O) groups excluding carboxylic acids is 2. The van der Waals surface area contributed by atoms with Crippen molar-refractivity contribution in [2.45, 2.75) is 53.2 Å². The Morgan fingerprint density at radius 2 is 1.83 bits per heavy atom. The average Bonchev–Trinajstić information content (AvgIpc) is 2.41. The van der Waals surface area contributed by atoms with Crippen LogP contribution in [-0.4, -0.2) is 28.4 Å². The molecule has 7 nitrogen and oxygen atoms in total. The number of nitrogens with one attached hydrogen (secondary N) is 1. The van der Waals surface area contributed by atoms with Crippen molar-refractivity contribution in [1.29, 1.82) is 0 Å². The van der Waals surface area contributed by atoms with Gasteiger partial charge in [0, 0.05) is 11.6 Å². The molecule has 1 aromatic rings. The molecule has 1 aromatic carbocycles. The van der Waals surface area contributed by atoms with Crippen LogP contribution in [0.2, 0.25) is 0 Å². The summed E-state index contributed by atoms with van der Waals surface area (Å²) in [7, 11) is 0. The highest BCUT2D eigenvalue weighted by atomic mass is 16.6. The van der Waals surface area contributed by atoms with Crippen molar-refractivity contribution in [3.05, 3.63) is 39.4 Å². The van der Waals surface area contributed by atoms with Gasteiger partial charge in [-0.2, -0.15) is 0 Å². The molecule has 1 amide bonds. The first-order chi connectivity index (χ1) is 10.9. The van der Waals surface area contributed by atoms with Gasteiger partial charge >= 0.3 is 5.97 Å². The fourth-order valence-electron chi connectivity index (χ4n) is 2.18. The quantitative estimate of drug-likeness (QED) is 0.506. The molecule has 0 aliphatic rings. The van der Waals surface area contributed by atoms with Gasteiger partial charge in [0.1, 0.15) is 5.56 Å². The second-order valence-corrected chi connectivity index (χ2v) is 7.04. The van der Waals surface area contributed by atoms with Crippen LogP contribution < -0.4 is 5.32 Å². The predicted octanol–water partition coefficient (Wildman–Crippen LogP) is 3.00. The number of benzene rings is 1. The molecule has 0 fully saturated rings.